The van der Waals surface area contributed by atoms with Gasteiger partial charge in [0, 0.05) is 18.6 Å². The maximum atomic E-state index is 12.6. The van der Waals surface area contributed by atoms with E-state index in [0.717, 1.165) is 18.9 Å². The Bertz CT molecular complexity index is 312. The molecule has 3 nitrogen and oxygen atoms in total. The molecule has 2 amide bonds. The minimum atomic E-state index is 0.186. The number of rotatable bonds is 3. The van der Waals surface area contributed by atoms with Gasteiger partial charge in [0.05, 0.1) is 0 Å². The van der Waals surface area contributed by atoms with Crippen LogP contribution in [0.25, 0.3) is 0 Å². The zero-order valence-corrected chi connectivity index (χ0v) is 13.5. The van der Waals surface area contributed by atoms with Crippen molar-refractivity contribution in [2.24, 2.45) is 11.8 Å². The van der Waals surface area contributed by atoms with Crippen LogP contribution in [0.4, 0.5) is 4.79 Å². The van der Waals surface area contributed by atoms with Gasteiger partial charge in [0.25, 0.3) is 0 Å². The zero-order valence-electron chi connectivity index (χ0n) is 13.5. The zero-order chi connectivity index (χ0) is 14.5. The first kappa shape index (κ1) is 15.7. The van der Waals surface area contributed by atoms with E-state index in [1.54, 1.807) is 0 Å². The molecule has 0 spiro atoms. The van der Waals surface area contributed by atoms with E-state index in [2.05, 4.69) is 31.0 Å². The Labute approximate surface area is 124 Å². The van der Waals surface area contributed by atoms with E-state index < -0.39 is 0 Å². The molecule has 116 valence electrons. The molecule has 2 rings (SSSR count). The van der Waals surface area contributed by atoms with Crippen LogP contribution in [0.2, 0.25) is 0 Å². The molecular weight excluding hydrogens is 248 g/mol. The molecule has 2 aliphatic rings. The number of hydrogen-bond donors (Lipinski definition) is 1. The summed E-state index contributed by atoms with van der Waals surface area (Å²) in [4.78, 5) is 14.7. The second kappa shape index (κ2) is 7.33. The van der Waals surface area contributed by atoms with Gasteiger partial charge in [-0.1, -0.05) is 46.0 Å². The van der Waals surface area contributed by atoms with E-state index in [4.69, 9.17) is 0 Å². The van der Waals surface area contributed by atoms with Crippen molar-refractivity contribution < 1.29 is 4.79 Å². The standard InChI is InChI=1S/C17H32N2O/c1-4-19(15-10-6-5-7-11-15)17(20)18-16-12-8-9-13(2)14(16)3/h13-16H,4-12H2,1-3H3,(H,18,20). The van der Waals surface area contributed by atoms with Crippen molar-refractivity contribution in [1.29, 1.82) is 0 Å². The lowest BCUT2D eigenvalue weighted by Gasteiger charge is -2.38. The van der Waals surface area contributed by atoms with Crippen molar-refractivity contribution in [1.82, 2.24) is 10.2 Å². The average molecular weight is 280 g/mol. The first-order valence-electron chi connectivity index (χ1n) is 8.70. The van der Waals surface area contributed by atoms with Crippen LogP contribution in [0.5, 0.6) is 0 Å². The highest BCUT2D eigenvalue weighted by Crippen LogP contribution is 2.30. The molecule has 0 aromatic heterocycles. The quantitative estimate of drug-likeness (QED) is 0.826. The fraction of sp³-hybridized carbons (Fsp3) is 0.941. The molecule has 3 unspecified atom stereocenters. The van der Waals surface area contributed by atoms with E-state index in [9.17, 15) is 4.79 Å². The number of nitrogens with one attached hydrogen (secondary N) is 1. The number of carbonyl (C=O) groups is 1. The highest BCUT2D eigenvalue weighted by molar-refractivity contribution is 5.75. The molecule has 0 bridgehead atoms. The van der Waals surface area contributed by atoms with Gasteiger partial charge in [-0.3, -0.25) is 0 Å². The Kier molecular flexibility index (Phi) is 5.74. The molecule has 0 aromatic rings. The smallest absolute Gasteiger partial charge is 0.317 e. The Morgan fingerprint density at radius 2 is 1.75 bits per heavy atom. The third-order valence-electron chi connectivity index (χ3n) is 5.63. The largest absolute Gasteiger partial charge is 0.335 e. The fourth-order valence-corrected chi connectivity index (χ4v) is 3.99. The lowest BCUT2D eigenvalue weighted by Crippen LogP contribution is -2.52. The summed E-state index contributed by atoms with van der Waals surface area (Å²) in [5.41, 5.74) is 0. The molecule has 3 heteroatoms. The van der Waals surface area contributed by atoms with Crippen LogP contribution < -0.4 is 5.32 Å². The summed E-state index contributed by atoms with van der Waals surface area (Å²) in [5, 5.41) is 3.33. The first-order valence-corrected chi connectivity index (χ1v) is 8.70. The van der Waals surface area contributed by atoms with Gasteiger partial charge in [0.1, 0.15) is 0 Å². The molecule has 2 saturated carbocycles. The van der Waals surface area contributed by atoms with E-state index in [1.165, 1.54) is 44.9 Å². The van der Waals surface area contributed by atoms with Gasteiger partial charge in [-0.15, -0.1) is 0 Å². The van der Waals surface area contributed by atoms with E-state index in [1.807, 2.05) is 0 Å². The van der Waals surface area contributed by atoms with Gasteiger partial charge in [-0.05, 0) is 38.0 Å². The maximum absolute atomic E-state index is 12.6. The van der Waals surface area contributed by atoms with E-state index in [0.29, 0.717) is 18.0 Å². The molecule has 0 radical (unpaired) electrons. The monoisotopic (exact) mass is 280 g/mol. The van der Waals surface area contributed by atoms with Crippen molar-refractivity contribution in [3.63, 3.8) is 0 Å². The van der Waals surface area contributed by atoms with Crippen molar-refractivity contribution in [2.45, 2.75) is 84.2 Å². The normalized spacial score (nSPS) is 31.9. The average Bonchev–Trinajstić information content (AvgIpc) is 2.46. The van der Waals surface area contributed by atoms with Crippen molar-refractivity contribution in [3.05, 3.63) is 0 Å². The second-order valence-corrected chi connectivity index (χ2v) is 6.90. The van der Waals surface area contributed by atoms with Crippen molar-refractivity contribution >= 4 is 6.03 Å². The summed E-state index contributed by atoms with van der Waals surface area (Å²) >= 11 is 0. The van der Waals surface area contributed by atoms with E-state index >= 15 is 0 Å². The van der Waals surface area contributed by atoms with Crippen LogP contribution in [0, 0.1) is 11.8 Å². The number of urea groups is 1. The topological polar surface area (TPSA) is 32.3 Å². The molecule has 2 fully saturated rings. The van der Waals surface area contributed by atoms with Gasteiger partial charge >= 0.3 is 6.03 Å². The van der Waals surface area contributed by atoms with Crippen molar-refractivity contribution in [3.8, 4) is 0 Å². The van der Waals surface area contributed by atoms with E-state index in [-0.39, 0.29) is 6.03 Å². The Hall–Kier alpha value is -0.730. The molecule has 0 aliphatic heterocycles. The number of hydrogen-bond acceptors (Lipinski definition) is 1. The van der Waals surface area contributed by atoms with Gasteiger partial charge in [0.2, 0.25) is 0 Å². The lowest BCUT2D eigenvalue weighted by atomic mass is 9.78. The van der Waals surface area contributed by atoms with Gasteiger partial charge < -0.3 is 10.2 Å². The maximum Gasteiger partial charge on any atom is 0.317 e. The minimum absolute atomic E-state index is 0.186. The van der Waals surface area contributed by atoms with Crippen LogP contribution in [-0.4, -0.2) is 29.6 Å². The summed E-state index contributed by atoms with van der Waals surface area (Å²) in [6.07, 6.45) is 10.0. The SMILES string of the molecule is CCN(C(=O)NC1CCCC(C)C1C)C1CCCCC1. The van der Waals surface area contributed by atoms with Crippen LogP contribution in [0.3, 0.4) is 0 Å². The molecule has 0 saturated heterocycles. The van der Waals surface area contributed by atoms with Crippen LogP contribution >= 0.6 is 0 Å². The second-order valence-electron chi connectivity index (χ2n) is 6.90. The van der Waals surface area contributed by atoms with Crippen molar-refractivity contribution in [2.75, 3.05) is 6.54 Å². The minimum Gasteiger partial charge on any atom is -0.335 e. The Morgan fingerprint density at radius 1 is 1.05 bits per heavy atom. The molecule has 1 N–H and O–H groups in total. The third-order valence-corrected chi connectivity index (χ3v) is 5.63. The highest BCUT2D eigenvalue weighted by atomic mass is 16.2. The Balaban J connectivity index is 1.91. The molecule has 2 aliphatic carbocycles. The summed E-state index contributed by atoms with van der Waals surface area (Å²) in [5.74, 6) is 1.34. The lowest BCUT2D eigenvalue weighted by molar-refractivity contribution is 0.142. The highest BCUT2D eigenvalue weighted by Gasteiger charge is 2.31. The van der Waals surface area contributed by atoms with Crippen LogP contribution in [0.15, 0.2) is 0 Å². The van der Waals surface area contributed by atoms with Crippen LogP contribution in [0.1, 0.15) is 72.1 Å². The predicted octanol–water partition coefficient (Wildman–Crippen LogP) is 4.18. The molecule has 20 heavy (non-hydrogen) atoms. The predicted molar refractivity (Wildman–Crippen MR) is 83.8 cm³/mol. The number of nitrogens with zero attached hydrogens (tertiary/aromatic N) is 1. The van der Waals surface area contributed by atoms with Gasteiger partial charge in [-0.25, -0.2) is 4.79 Å². The summed E-state index contributed by atoms with van der Waals surface area (Å²) in [7, 11) is 0. The third kappa shape index (κ3) is 3.67. The van der Waals surface area contributed by atoms with Gasteiger partial charge in [-0.2, -0.15) is 0 Å². The number of amides is 2. The summed E-state index contributed by atoms with van der Waals surface area (Å²) < 4.78 is 0. The van der Waals surface area contributed by atoms with Gasteiger partial charge in [0.15, 0.2) is 0 Å². The molecule has 0 aromatic carbocycles. The Morgan fingerprint density at radius 3 is 2.40 bits per heavy atom. The molecular formula is C17H32N2O. The summed E-state index contributed by atoms with van der Waals surface area (Å²) in [6, 6.07) is 1.04. The molecule has 3 atom stereocenters. The fourth-order valence-electron chi connectivity index (χ4n) is 3.99. The first-order chi connectivity index (χ1) is 9.63. The number of carbonyl (C=O) groups excluding carboxylic acids is 1. The summed E-state index contributed by atoms with van der Waals surface area (Å²) in [6.45, 7) is 7.57. The molecule has 0 heterocycles. The van der Waals surface area contributed by atoms with Crippen LogP contribution in [-0.2, 0) is 0 Å².